The molecule has 2 bridgehead atoms. The van der Waals surface area contributed by atoms with E-state index in [1.807, 2.05) is 25.1 Å². The molecule has 2 aliphatic carbocycles. The maximum absolute atomic E-state index is 14.8. The van der Waals surface area contributed by atoms with E-state index in [2.05, 4.69) is 53.3 Å². The van der Waals surface area contributed by atoms with Crippen LogP contribution < -0.4 is 14.4 Å². The number of nitrogens with zero attached hydrogens (tertiary/aromatic N) is 6. The summed E-state index contributed by atoms with van der Waals surface area (Å²) >= 11 is 6.47. The van der Waals surface area contributed by atoms with Crippen LogP contribution in [0.25, 0.3) is 11.0 Å². The summed E-state index contributed by atoms with van der Waals surface area (Å²) in [4.78, 5) is 25.2. The van der Waals surface area contributed by atoms with Crippen molar-refractivity contribution < 1.29 is 18.5 Å². The predicted octanol–water partition coefficient (Wildman–Crippen LogP) is 6.76. The normalized spacial score (nSPS) is 30.0. The first-order valence-electron chi connectivity index (χ1n) is 17.8. The Kier molecular flexibility index (Phi) is 9.04. The van der Waals surface area contributed by atoms with E-state index in [-0.39, 0.29) is 23.2 Å². The Morgan fingerprint density at radius 1 is 1.16 bits per heavy atom. The highest BCUT2D eigenvalue weighted by Gasteiger charge is 2.44. The molecule has 1 N–H and O–H groups in total. The van der Waals surface area contributed by atoms with Crippen molar-refractivity contribution in [3.8, 4) is 5.75 Å². The summed E-state index contributed by atoms with van der Waals surface area (Å²) in [6.07, 6.45) is 13.3. The van der Waals surface area contributed by atoms with Crippen LogP contribution in [0.4, 0.5) is 11.5 Å². The van der Waals surface area contributed by atoms with Crippen LogP contribution >= 0.6 is 11.6 Å². The van der Waals surface area contributed by atoms with Gasteiger partial charge >= 0.3 is 0 Å². The fourth-order valence-electron chi connectivity index (χ4n) is 8.55. The molecule has 1 saturated carbocycles. The number of halogens is 1. The van der Waals surface area contributed by atoms with E-state index in [1.54, 1.807) is 31.1 Å². The summed E-state index contributed by atoms with van der Waals surface area (Å²) in [7, 11) is 0.222. The van der Waals surface area contributed by atoms with E-state index < -0.39 is 15.8 Å². The molecule has 13 heteroatoms. The fourth-order valence-corrected chi connectivity index (χ4v) is 10.7. The average Bonchev–Trinajstić information content (AvgIpc) is 3.41. The van der Waals surface area contributed by atoms with Crippen LogP contribution in [-0.2, 0) is 33.5 Å². The highest BCUT2D eigenvalue weighted by Crippen LogP contribution is 2.47. The van der Waals surface area contributed by atoms with E-state index in [0.717, 1.165) is 61.7 Å². The van der Waals surface area contributed by atoms with Gasteiger partial charge < -0.3 is 14.4 Å². The molecule has 1 fully saturated rings. The molecular weight excluding hydrogens is 686 g/mol. The predicted molar refractivity (Wildman–Crippen MR) is 200 cm³/mol. The Hall–Kier alpha value is -4.00. The number of aryl methyl sites for hydroxylation is 2. The van der Waals surface area contributed by atoms with Gasteiger partial charge in [-0.15, -0.1) is 4.36 Å². The number of hydrogen-bond acceptors (Lipinski definition) is 8. The molecule has 268 valence electrons. The number of amides is 1. The van der Waals surface area contributed by atoms with Crippen LogP contribution in [-0.4, -0.2) is 68.5 Å². The molecule has 0 saturated heterocycles. The third-order valence-corrected chi connectivity index (χ3v) is 13.4. The second-order valence-electron chi connectivity index (χ2n) is 14.8. The number of nitrogens with one attached hydrogen (secondary N) is 1. The summed E-state index contributed by atoms with van der Waals surface area (Å²) < 4.78 is 36.7. The zero-order valence-electron chi connectivity index (χ0n) is 29.3. The number of ether oxygens (including phenoxy) is 2. The Bertz CT molecular complexity index is 2150. The summed E-state index contributed by atoms with van der Waals surface area (Å²) in [5.41, 5.74) is 4.01. The zero-order chi connectivity index (χ0) is 35.3. The van der Waals surface area contributed by atoms with Crippen LogP contribution in [0.15, 0.2) is 65.4 Å². The van der Waals surface area contributed by atoms with E-state index in [4.69, 9.17) is 21.1 Å². The topological polar surface area (TPSA) is 124 Å². The lowest BCUT2D eigenvalue weighted by atomic mass is 9.68. The Balaban J connectivity index is 1.22. The van der Waals surface area contributed by atoms with E-state index in [0.29, 0.717) is 47.3 Å². The Morgan fingerprint density at radius 3 is 2.86 bits per heavy atom. The molecule has 2 aromatic carbocycles. The molecule has 4 aromatic rings. The average molecular weight is 730 g/mol. The van der Waals surface area contributed by atoms with Gasteiger partial charge in [-0.05, 0) is 97.7 Å². The number of allylic oxidation sites excluding steroid dienone is 1. The molecule has 0 radical (unpaired) electrons. The summed E-state index contributed by atoms with van der Waals surface area (Å²) in [5.74, 6) is 1.34. The van der Waals surface area contributed by atoms with Gasteiger partial charge in [0.05, 0.1) is 29.5 Å². The maximum Gasteiger partial charge on any atom is 0.286 e. The van der Waals surface area contributed by atoms with Crippen molar-refractivity contribution in [2.24, 2.45) is 29.2 Å². The molecule has 4 aliphatic rings. The molecular formula is C38H44ClN7O4S. The lowest BCUT2D eigenvalue weighted by molar-refractivity contribution is 0.0131. The molecule has 1 amide bonds. The molecule has 11 nitrogen and oxygen atoms in total. The van der Waals surface area contributed by atoms with Crippen molar-refractivity contribution in [2.45, 2.75) is 57.0 Å². The largest absolute Gasteiger partial charge is 0.490 e. The first-order chi connectivity index (χ1) is 24.6. The number of benzene rings is 2. The van der Waals surface area contributed by atoms with Crippen LogP contribution in [0.3, 0.4) is 0 Å². The Labute approximate surface area is 304 Å². The molecule has 51 heavy (non-hydrogen) atoms. The van der Waals surface area contributed by atoms with Gasteiger partial charge in [-0.2, -0.15) is 5.10 Å². The summed E-state index contributed by atoms with van der Waals surface area (Å²) in [6, 6.07) is 11.8. The van der Waals surface area contributed by atoms with Gasteiger partial charge in [0, 0.05) is 49.4 Å². The SMILES string of the molecule is CO[C@@H]1/C=C\C[C@H](C)C[S@@](=O)(Nc2ncnc3nn(C)cc23)=NC(=O)c2ccc3c(c2)N(C[C@@H]2CC[C@H]21)C[C@@]1(CCCc2cc(Cl)ccc21)CO3. The lowest BCUT2D eigenvalue weighted by Gasteiger charge is -2.46. The molecule has 6 atom stereocenters. The minimum Gasteiger partial charge on any atom is -0.490 e. The van der Waals surface area contributed by atoms with Gasteiger partial charge in [0.25, 0.3) is 5.91 Å². The minimum atomic E-state index is -3.35. The third-order valence-electron chi connectivity index (χ3n) is 11.2. The molecule has 8 rings (SSSR count). The van der Waals surface area contributed by atoms with Gasteiger partial charge in [-0.25, -0.2) is 14.2 Å². The first-order valence-corrected chi connectivity index (χ1v) is 19.9. The van der Waals surface area contributed by atoms with Gasteiger partial charge in [0.15, 0.2) is 11.5 Å². The lowest BCUT2D eigenvalue weighted by Crippen LogP contribution is -2.49. The first kappa shape index (κ1) is 34.1. The Morgan fingerprint density at radius 2 is 2.04 bits per heavy atom. The van der Waals surface area contributed by atoms with Crippen molar-refractivity contribution in [2.75, 3.05) is 42.2 Å². The fraction of sp³-hybridized carbons (Fsp3) is 0.474. The number of aromatic nitrogens is 4. The number of fused-ring (bicyclic) bond motifs is 5. The zero-order valence-corrected chi connectivity index (χ0v) is 30.8. The minimum absolute atomic E-state index is 0.0296. The number of hydrogen-bond donors (Lipinski definition) is 1. The smallest absolute Gasteiger partial charge is 0.286 e. The molecule has 1 spiro atoms. The number of carbonyl (C=O) groups is 1. The monoisotopic (exact) mass is 729 g/mol. The standard InChI is InChI=1S/C38H44ClN7O4S/c1-24-6-4-8-33(49-3)29-12-9-27(29)18-46-21-38(15-5-7-25-16-28(39)11-13-31(25)38)22-50-34-14-10-26(17-32(34)46)37(47)44-51(48,20-24)43-36-30-19-45(2)42-35(30)40-23-41-36/h4,8,10-11,13-14,16-17,19,23-24,27,29,33H,5-7,9,12,15,18,20-22H2,1-3H3,(H,40,41,42,43,44,47,48)/b8-4-/t24-,27-,29+,33+,38-,51+/m0/s1. The number of carbonyl (C=O) groups excluding carboxylic acids is 1. The summed E-state index contributed by atoms with van der Waals surface area (Å²) in [6.45, 7) is 4.09. The van der Waals surface area contributed by atoms with Gasteiger partial charge in [-0.1, -0.05) is 36.7 Å². The van der Waals surface area contributed by atoms with E-state index >= 15 is 0 Å². The molecule has 0 unspecified atom stereocenters. The summed E-state index contributed by atoms with van der Waals surface area (Å²) in [5, 5.41) is 5.71. The quantitative estimate of drug-likeness (QED) is 0.230. The van der Waals surface area contributed by atoms with E-state index in [1.165, 1.54) is 17.5 Å². The highest BCUT2D eigenvalue weighted by atomic mass is 35.5. The van der Waals surface area contributed by atoms with Gasteiger partial charge in [0.1, 0.15) is 22.0 Å². The molecule has 2 aromatic heterocycles. The van der Waals surface area contributed by atoms with Crippen LogP contribution in [0, 0.1) is 17.8 Å². The second-order valence-corrected chi connectivity index (χ2v) is 17.3. The van der Waals surface area contributed by atoms with Crippen molar-refractivity contribution >= 4 is 50.0 Å². The second kappa shape index (κ2) is 13.5. The van der Waals surface area contributed by atoms with Crippen LogP contribution in [0.5, 0.6) is 5.75 Å². The van der Waals surface area contributed by atoms with Crippen LogP contribution in [0.1, 0.15) is 60.5 Å². The molecule has 4 heterocycles. The third kappa shape index (κ3) is 6.62. The molecule has 2 aliphatic heterocycles. The van der Waals surface area contributed by atoms with Crippen LogP contribution in [0.2, 0.25) is 5.02 Å². The number of methoxy groups -OCH3 is 1. The van der Waals surface area contributed by atoms with Crippen molar-refractivity contribution in [3.63, 3.8) is 0 Å². The van der Waals surface area contributed by atoms with E-state index in [9.17, 15) is 9.00 Å². The van der Waals surface area contributed by atoms with Crippen molar-refractivity contribution in [1.29, 1.82) is 0 Å². The number of rotatable bonds is 3. The maximum atomic E-state index is 14.8. The van der Waals surface area contributed by atoms with Gasteiger partial charge in [-0.3, -0.25) is 14.2 Å². The van der Waals surface area contributed by atoms with Gasteiger partial charge in [0.2, 0.25) is 0 Å². The number of anilines is 2. The van der Waals surface area contributed by atoms with Crippen molar-refractivity contribution in [1.82, 2.24) is 19.7 Å². The van der Waals surface area contributed by atoms with Crippen molar-refractivity contribution in [3.05, 3.63) is 82.8 Å². The highest BCUT2D eigenvalue weighted by molar-refractivity contribution is 7.95.